The summed E-state index contributed by atoms with van der Waals surface area (Å²) in [4.78, 5) is 12.5. The molecule has 0 bridgehead atoms. The Hall–Kier alpha value is -3.49. The summed E-state index contributed by atoms with van der Waals surface area (Å²) in [5, 5.41) is 6.55. The number of nitrogens with one attached hydrogen (secondary N) is 2. The van der Waals surface area contributed by atoms with Gasteiger partial charge in [-0.25, -0.2) is 15.0 Å². The van der Waals surface area contributed by atoms with Gasteiger partial charge in [0, 0.05) is 32.0 Å². The molecule has 2 aromatic heterocycles. The van der Waals surface area contributed by atoms with Gasteiger partial charge < -0.3 is 30.4 Å². The van der Waals surface area contributed by atoms with Gasteiger partial charge in [-0.05, 0) is 30.5 Å². The van der Waals surface area contributed by atoms with Crippen molar-refractivity contribution in [1.29, 1.82) is 0 Å². The van der Waals surface area contributed by atoms with E-state index in [4.69, 9.17) is 15.2 Å². The van der Waals surface area contributed by atoms with Crippen LogP contribution in [0.3, 0.4) is 0 Å². The molecular weight excluding hydrogens is 370 g/mol. The maximum atomic E-state index is 6.22. The molecule has 29 heavy (non-hydrogen) atoms. The van der Waals surface area contributed by atoms with E-state index in [-0.39, 0.29) is 0 Å². The topological polar surface area (TPSA) is 112 Å². The van der Waals surface area contributed by atoms with Crippen molar-refractivity contribution in [1.82, 2.24) is 19.5 Å². The van der Waals surface area contributed by atoms with E-state index >= 15 is 0 Å². The fourth-order valence-electron chi connectivity index (χ4n) is 2.93. The first kappa shape index (κ1) is 20.2. The number of aromatic nitrogens is 4. The zero-order valence-corrected chi connectivity index (χ0v) is 16.8. The van der Waals surface area contributed by atoms with Crippen LogP contribution in [0.5, 0.6) is 11.5 Å². The smallest absolute Gasteiger partial charge is 0.160 e. The third-order valence-electron chi connectivity index (χ3n) is 4.48. The van der Waals surface area contributed by atoms with Gasteiger partial charge in [0.05, 0.1) is 20.5 Å². The minimum atomic E-state index is 0.516. The summed E-state index contributed by atoms with van der Waals surface area (Å²) in [5.74, 6) is 2.69. The molecule has 0 amide bonds. The number of nitrogens with zero attached hydrogens (tertiary/aromatic N) is 4. The highest BCUT2D eigenvalue weighted by Gasteiger charge is 2.08. The largest absolute Gasteiger partial charge is 0.493 e. The van der Waals surface area contributed by atoms with Gasteiger partial charge in [-0.3, -0.25) is 0 Å². The summed E-state index contributed by atoms with van der Waals surface area (Å²) in [5.41, 5.74) is 7.86. The predicted octanol–water partition coefficient (Wildman–Crippen LogP) is 2.43. The van der Waals surface area contributed by atoms with Crippen molar-refractivity contribution in [2.24, 2.45) is 0 Å². The standard InChI is InChI=1S/C20H27N7O2/c1-28-16-5-4-15(12-17(16)29-2)6-8-24-20-18(21)19(25-13-26-20)23-7-3-10-27-11-9-22-14-27/h4-5,9,11-14H,3,6-8,10,21H2,1-2H3,(H2,23,24,25,26). The first-order valence-corrected chi connectivity index (χ1v) is 9.46. The van der Waals surface area contributed by atoms with E-state index in [9.17, 15) is 0 Å². The Kier molecular flexibility index (Phi) is 7.10. The van der Waals surface area contributed by atoms with Crippen molar-refractivity contribution in [3.63, 3.8) is 0 Å². The second-order valence-electron chi connectivity index (χ2n) is 6.43. The minimum Gasteiger partial charge on any atom is -0.493 e. The lowest BCUT2D eigenvalue weighted by Crippen LogP contribution is -2.13. The van der Waals surface area contributed by atoms with Crippen LogP contribution in [0, 0.1) is 0 Å². The Morgan fingerprint density at radius 3 is 2.48 bits per heavy atom. The number of nitrogens with two attached hydrogens (primary N) is 1. The number of aryl methyl sites for hydroxylation is 1. The van der Waals surface area contributed by atoms with Gasteiger partial charge in [-0.1, -0.05) is 6.07 Å². The number of benzene rings is 1. The van der Waals surface area contributed by atoms with Gasteiger partial charge in [0.2, 0.25) is 0 Å². The van der Waals surface area contributed by atoms with Crippen molar-refractivity contribution in [2.75, 3.05) is 43.7 Å². The summed E-state index contributed by atoms with van der Waals surface area (Å²) in [6.07, 6.45) is 8.75. The molecule has 3 aromatic rings. The van der Waals surface area contributed by atoms with Crippen LogP contribution in [0.2, 0.25) is 0 Å². The zero-order valence-electron chi connectivity index (χ0n) is 16.8. The summed E-state index contributed by atoms with van der Waals surface area (Å²) < 4.78 is 12.7. The summed E-state index contributed by atoms with van der Waals surface area (Å²) in [6, 6.07) is 5.88. The number of imidazole rings is 1. The van der Waals surface area contributed by atoms with Crippen molar-refractivity contribution in [2.45, 2.75) is 19.4 Å². The molecule has 9 nitrogen and oxygen atoms in total. The number of methoxy groups -OCH3 is 2. The predicted molar refractivity (Wildman–Crippen MR) is 114 cm³/mol. The van der Waals surface area contributed by atoms with Crippen LogP contribution in [0.15, 0.2) is 43.2 Å². The molecule has 154 valence electrons. The highest BCUT2D eigenvalue weighted by atomic mass is 16.5. The lowest BCUT2D eigenvalue weighted by Gasteiger charge is -2.13. The lowest BCUT2D eigenvalue weighted by molar-refractivity contribution is 0.354. The molecule has 3 rings (SSSR count). The van der Waals surface area contributed by atoms with E-state index in [0.717, 1.165) is 31.5 Å². The average molecular weight is 397 g/mol. The Morgan fingerprint density at radius 2 is 1.79 bits per heavy atom. The molecule has 0 saturated carbocycles. The maximum Gasteiger partial charge on any atom is 0.160 e. The first-order valence-electron chi connectivity index (χ1n) is 9.46. The van der Waals surface area contributed by atoms with Gasteiger partial charge in [0.25, 0.3) is 0 Å². The number of anilines is 3. The number of ether oxygens (including phenoxy) is 2. The zero-order chi connectivity index (χ0) is 20.5. The second-order valence-corrected chi connectivity index (χ2v) is 6.43. The van der Waals surface area contributed by atoms with Crippen molar-refractivity contribution >= 4 is 17.3 Å². The molecular formula is C20H27N7O2. The number of rotatable bonds is 11. The minimum absolute atomic E-state index is 0.516. The van der Waals surface area contributed by atoms with E-state index < -0.39 is 0 Å². The molecule has 0 radical (unpaired) electrons. The van der Waals surface area contributed by atoms with Crippen molar-refractivity contribution in [3.8, 4) is 11.5 Å². The normalized spacial score (nSPS) is 10.6. The van der Waals surface area contributed by atoms with Crippen LogP contribution >= 0.6 is 0 Å². The number of hydrogen-bond donors (Lipinski definition) is 3. The SMILES string of the molecule is COc1ccc(CCNc2ncnc(NCCCn3ccnc3)c2N)cc1OC. The molecule has 0 aliphatic heterocycles. The van der Waals surface area contributed by atoms with Crippen LogP contribution in [-0.2, 0) is 13.0 Å². The van der Waals surface area contributed by atoms with Gasteiger partial charge in [-0.2, -0.15) is 0 Å². The molecule has 0 aliphatic carbocycles. The highest BCUT2D eigenvalue weighted by Crippen LogP contribution is 2.28. The summed E-state index contributed by atoms with van der Waals surface area (Å²) in [7, 11) is 3.26. The summed E-state index contributed by atoms with van der Waals surface area (Å²) in [6.45, 7) is 2.32. The van der Waals surface area contributed by atoms with Gasteiger partial charge in [-0.15, -0.1) is 0 Å². The van der Waals surface area contributed by atoms with E-state index in [1.165, 1.54) is 6.33 Å². The van der Waals surface area contributed by atoms with Crippen LogP contribution in [0.4, 0.5) is 17.3 Å². The van der Waals surface area contributed by atoms with Crippen molar-refractivity contribution in [3.05, 3.63) is 48.8 Å². The summed E-state index contributed by atoms with van der Waals surface area (Å²) >= 11 is 0. The fraction of sp³-hybridized carbons (Fsp3) is 0.350. The molecule has 0 spiro atoms. The van der Waals surface area contributed by atoms with Gasteiger partial charge in [0.15, 0.2) is 23.1 Å². The van der Waals surface area contributed by atoms with Crippen molar-refractivity contribution < 1.29 is 9.47 Å². The Bertz CT molecular complexity index is 900. The van der Waals surface area contributed by atoms with E-state index in [1.807, 2.05) is 29.0 Å². The fourth-order valence-corrected chi connectivity index (χ4v) is 2.93. The van der Waals surface area contributed by atoms with Crippen LogP contribution < -0.4 is 25.8 Å². The maximum absolute atomic E-state index is 6.22. The highest BCUT2D eigenvalue weighted by molar-refractivity contribution is 5.73. The monoisotopic (exact) mass is 397 g/mol. The third-order valence-corrected chi connectivity index (χ3v) is 4.48. The molecule has 0 saturated heterocycles. The Morgan fingerprint density at radius 1 is 1.03 bits per heavy atom. The quantitative estimate of drug-likeness (QED) is 0.423. The molecule has 0 unspecified atom stereocenters. The molecule has 1 aromatic carbocycles. The molecule has 2 heterocycles. The molecule has 0 atom stereocenters. The first-order chi connectivity index (χ1) is 14.2. The van der Waals surface area contributed by atoms with Crippen LogP contribution in [0.1, 0.15) is 12.0 Å². The molecule has 4 N–H and O–H groups in total. The van der Waals surface area contributed by atoms with E-state index in [2.05, 4.69) is 25.6 Å². The van der Waals surface area contributed by atoms with E-state index in [0.29, 0.717) is 35.4 Å². The third kappa shape index (κ3) is 5.50. The Balaban J connectivity index is 1.50. The van der Waals surface area contributed by atoms with E-state index in [1.54, 1.807) is 26.7 Å². The average Bonchev–Trinajstić information content (AvgIpc) is 3.26. The number of nitrogen functional groups attached to an aromatic ring is 1. The second kappa shape index (κ2) is 10.2. The lowest BCUT2D eigenvalue weighted by atomic mass is 10.1. The van der Waals surface area contributed by atoms with Gasteiger partial charge >= 0.3 is 0 Å². The number of hydrogen-bond acceptors (Lipinski definition) is 8. The Labute approximate surface area is 170 Å². The van der Waals surface area contributed by atoms with Crippen LogP contribution in [-0.4, -0.2) is 46.8 Å². The van der Waals surface area contributed by atoms with Gasteiger partial charge in [0.1, 0.15) is 12.0 Å². The molecule has 0 aliphatic rings. The van der Waals surface area contributed by atoms with Crippen LogP contribution in [0.25, 0.3) is 0 Å². The molecule has 9 heteroatoms. The molecule has 0 fully saturated rings.